The summed E-state index contributed by atoms with van der Waals surface area (Å²) in [6, 6.07) is 13.5. The van der Waals surface area contributed by atoms with Gasteiger partial charge in [0.1, 0.15) is 6.07 Å². The molecule has 20 heavy (non-hydrogen) atoms. The van der Waals surface area contributed by atoms with Gasteiger partial charge in [0, 0.05) is 30.6 Å². The third kappa shape index (κ3) is 2.52. The van der Waals surface area contributed by atoms with Crippen LogP contribution in [0.1, 0.15) is 5.56 Å². The number of hydrogen-bond acceptors (Lipinski definition) is 5. The topological polar surface area (TPSA) is 96.2 Å². The lowest BCUT2D eigenvalue weighted by molar-refractivity contribution is -0.384. The van der Waals surface area contributed by atoms with E-state index in [0.717, 1.165) is 0 Å². The molecule has 0 atom stereocenters. The van der Waals surface area contributed by atoms with Gasteiger partial charge in [0.05, 0.1) is 16.2 Å². The number of rotatable bonds is 3. The Morgan fingerprint density at radius 2 is 2.00 bits per heavy atom. The molecule has 0 fully saturated rings. The zero-order valence-corrected chi connectivity index (χ0v) is 10.8. The van der Waals surface area contributed by atoms with Crippen LogP contribution in [0.5, 0.6) is 0 Å². The molecule has 0 unspecified atom stereocenters. The summed E-state index contributed by atoms with van der Waals surface area (Å²) in [7, 11) is 1.73. The maximum atomic E-state index is 10.9. The standard InChI is InChI=1S/C14H12N4O2/c1-17(14-5-3-2-4-10(14)9-15)12-6-11(16)7-13(8-12)18(19)20/h2-8H,16H2,1H3. The Kier molecular flexibility index (Phi) is 3.53. The van der Waals surface area contributed by atoms with E-state index in [1.165, 1.54) is 12.1 Å². The van der Waals surface area contributed by atoms with Crippen LogP contribution < -0.4 is 10.6 Å². The summed E-state index contributed by atoms with van der Waals surface area (Å²) in [5.74, 6) is 0. The minimum absolute atomic E-state index is 0.0821. The number of nitro groups is 1. The van der Waals surface area contributed by atoms with Crippen molar-refractivity contribution in [3.05, 3.63) is 58.1 Å². The van der Waals surface area contributed by atoms with Gasteiger partial charge in [0.25, 0.3) is 5.69 Å². The number of nitrogen functional groups attached to an aromatic ring is 1. The van der Waals surface area contributed by atoms with E-state index in [1.54, 1.807) is 42.3 Å². The molecule has 0 spiro atoms. The summed E-state index contributed by atoms with van der Waals surface area (Å²) in [5, 5.41) is 20.0. The highest BCUT2D eigenvalue weighted by molar-refractivity contribution is 5.72. The van der Waals surface area contributed by atoms with Crippen LogP contribution in [0, 0.1) is 21.4 Å². The van der Waals surface area contributed by atoms with Gasteiger partial charge in [-0.1, -0.05) is 12.1 Å². The minimum Gasteiger partial charge on any atom is -0.398 e. The molecule has 0 bridgehead atoms. The first-order chi connectivity index (χ1) is 9.52. The van der Waals surface area contributed by atoms with Gasteiger partial charge in [-0.15, -0.1) is 0 Å². The number of nitrogens with two attached hydrogens (primary N) is 1. The summed E-state index contributed by atoms with van der Waals surface area (Å²) in [6.45, 7) is 0. The summed E-state index contributed by atoms with van der Waals surface area (Å²) in [5.41, 5.74) is 7.61. The van der Waals surface area contributed by atoms with E-state index < -0.39 is 4.92 Å². The van der Waals surface area contributed by atoms with E-state index in [9.17, 15) is 10.1 Å². The predicted molar refractivity (Wildman–Crippen MR) is 76.7 cm³/mol. The van der Waals surface area contributed by atoms with Crippen molar-refractivity contribution in [2.75, 3.05) is 17.7 Å². The highest BCUT2D eigenvalue weighted by Gasteiger charge is 2.14. The van der Waals surface area contributed by atoms with E-state index in [-0.39, 0.29) is 5.69 Å². The molecule has 0 amide bonds. The number of para-hydroxylation sites is 1. The van der Waals surface area contributed by atoms with Gasteiger partial charge in [-0.3, -0.25) is 10.1 Å². The molecule has 0 aliphatic carbocycles. The van der Waals surface area contributed by atoms with Crippen molar-refractivity contribution in [2.45, 2.75) is 0 Å². The quantitative estimate of drug-likeness (QED) is 0.524. The number of nitriles is 1. The van der Waals surface area contributed by atoms with Gasteiger partial charge in [-0.2, -0.15) is 5.26 Å². The molecule has 0 aliphatic rings. The highest BCUT2D eigenvalue weighted by Crippen LogP contribution is 2.31. The minimum atomic E-state index is -0.496. The molecule has 0 heterocycles. The molecule has 2 aromatic carbocycles. The summed E-state index contributed by atoms with van der Waals surface area (Å²) in [4.78, 5) is 12.1. The van der Waals surface area contributed by atoms with Crippen LogP contribution in [-0.4, -0.2) is 12.0 Å². The Hall–Kier alpha value is -3.07. The van der Waals surface area contributed by atoms with Crippen LogP contribution in [0.25, 0.3) is 0 Å². The highest BCUT2D eigenvalue weighted by atomic mass is 16.6. The van der Waals surface area contributed by atoms with Crippen LogP contribution in [0.2, 0.25) is 0 Å². The van der Waals surface area contributed by atoms with Crippen LogP contribution in [0.15, 0.2) is 42.5 Å². The number of non-ortho nitro benzene ring substituents is 1. The predicted octanol–water partition coefficient (Wildman–Crippen LogP) is 2.82. The van der Waals surface area contributed by atoms with Crippen LogP contribution in [0.3, 0.4) is 0 Å². The van der Waals surface area contributed by atoms with Gasteiger partial charge in [-0.25, -0.2) is 0 Å². The molecule has 100 valence electrons. The van der Waals surface area contributed by atoms with Gasteiger partial charge in [-0.05, 0) is 18.2 Å². The summed E-state index contributed by atoms with van der Waals surface area (Å²) in [6.07, 6.45) is 0. The van der Waals surface area contributed by atoms with Gasteiger partial charge in [0.15, 0.2) is 0 Å². The van der Waals surface area contributed by atoms with E-state index in [0.29, 0.717) is 22.6 Å². The second-order valence-electron chi connectivity index (χ2n) is 4.23. The lowest BCUT2D eigenvalue weighted by atomic mass is 10.1. The molecular weight excluding hydrogens is 256 g/mol. The molecule has 6 nitrogen and oxygen atoms in total. The molecule has 0 radical (unpaired) electrons. The first kappa shape index (κ1) is 13.4. The first-order valence-corrected chi connectivity index (χ1v) is 5.80. The van der Waals surface area contributed by atoms with Gasteiger partial charge >= 0.3 is 0 Å². The zero-order chi connectivity index (χ0) is 14.7. The van der Waals surface area contributed by atoms with Crippen LogP contribution in [0.4, 0.5) is 22.7 Å². The molecule has 0 saturated heterocycles. The molecule has 0 aliphatic heterocycles. The number of nitrogens with zero attached hydrogens (tertiary/aromatic N) is 3. The molecule has 6 heteroatoms. The Bertz CT molecular complexity index is 707. The molecular formula is C14H12N4O2. The van der Waals surface area contributed by atoms with Gasteiger partial charge in [0.2, 0.25) is 0 Å². The number of nitro benzene ring substituents is 1. The van der Waals surface area contributed by atoms with Gasteiger partial charge < -0.3 is 10.6 Å². The first-order valence-electron chi connectivity index (χ1n) is 5.80. The number of hydrogen-bond donors (Lipinski definition) is 1. The lowest BCUT2D eigenvalue weighted by Crippen LogP contribution is -2.11. The fraction of sp³-hybridized carbons (Fsp3) is 0.0714. The molecule has 0 aromatic heterocycles. The van der Waals surface area contributed by atoms with Crippen molar-refractivity contribution in [1.29, 1.82) is 5.26 Å². The fourth-order valence-electron chi connectivity index (χ4n) is 1.92. The van der Waals surface area contributed by atoms with Crippen molar-refractivity contribution in [3.8, 4) is 6.07 Å². The van der Waals surface area contributed by atoms with Crippen molar-refractivity contribution in [1.82, 2.24) is 0 Å². The van der Waals surface area contributed by atoms with Crippen molar-refractivity contribution < 1.29 is 4.92 Å². The average molecular weight is 268 g/mol. The average Bonchev–Trinajstić information content (AvgIpc) is 2.45. The number of anilines is 3. The molecule has 2 N–H and O–H groups in total. The summed E-state index contributed by atoms with van der Waals surface area (Å²) >= 11 is 0. The number of benzene rings is 2. The van der Waals surface area contributed by atoms with Crippen molar-refractivity contribution in [3.63, 3.8) is 0 Å². The van der Waals surface area contributed by atoms with E-state index >= 15 is 0 Å². The molecule has 2 aromatic rings. The Labute approximate surface area is 115 Å². The monoisotopic (exact) mass is 268 g/mol. The Balaban J connectivity index is 2.51. The lowest BCUT2D eigenvalue weighted by Gasteiger charge is -2.20. The second-order valence-corrected chi connectivity index (χ2v) is 4.23. The Morgan fingerprint density at radius 1 is 1.30 bits per heavy atom. The second kappa shape index (κ2) is 5.28. The van der Waals surface area contributed by atoms with Crippen LogP contribution >= 0.6 is 0 Å². The van der Waals surface area contributed by atoms with Crippen LogP contribution in [-0.2, 0) is 0 Å². The maximum absolute atomic E-state index is 10.9. The van der Waals surface area contributed by atoms with E-state index in [4.69, 9.17) is 11.0 Å². The maximum Gasteiger partial charge on any atom is 0.273 e. The third-order valence-electron chi connectivity index (χ3n) is 2.91. The smallest absolute Gasteiger partial charge is 0.273 e. The molecule has 0 saturated carbocycles. The zero-order valence-electron chi connectivity index (χ0n) is 10.8. The largest absolute Gasteiger partial charge is 0.398 e. The van der Waals surface area contributed by atoms with Crippen molar-refractivity contribution >= 4 is 22.7 Å². The third-order valence-corrected chi connectivity index (χ3v) is 2.91. The molecule has 2 rings (SSSR count). The fourth-order valence-corrected chi connectivity index (χ4v) is 1.92. The van der Waals surface area contributed by atoms with E-state index in [1.807, 2.05) is 0 Å². The SMILES string of the molecule is CN(c1cc(N)cc([N+](=O)[O-])c1)c1ccccc1C#N. The van der Waals surface area contributed by atoms with Crippen molar-refractivity contribution in [2.24, 2.45) is 0 Å². The summed E-state index contributed by atoms with van der Waals surface area (Å²) < 4.78 is 0. The normalized spacial score (nSPS) is 9.80. The van der Waals surface area contributed by atoms with E-state index in [2.05, 4.69) is 6.07 Å². The Morgan fingerprint density at radius 3 is 2.65 bits per heavy atom.